The van der Waals surface area contributed by atoms with Crippen molar-refractivity contribution in [1.82, 2.24) is 0 Å². The van der Waals surface area contributed by atoms with Gasteiger partial charge in [0.25, 0.3) is 0 Å². The van der Waals surface area contributed by atoms with Gasteiger partial charge in [0.15, 0.2) is 0 Å². The molecule has 0 spiro atoms. The molecule has 0 aromatic heterocycles. The molecule has 0 aromatic rings. The van der Waals surface area contributed by atoms with E-state index < -0.39 is 0 Å². The Kier molecular flexibility index (Phi) is 19.0. The van der Waals surface area contributed by atoms with E-state index in [1.54, 1.807) is 0 Å². The van der Waals surface area contributed by atoms with Gasteiger partial charge >= 0.3 is 0 Å². The van der Waals surface area contributed by atoms with Gasteiger partial charge in [-0.3, -0.25) is 0 Å². The van der Waals surface area contributed by atoms with Crippen LogP contribution in [-0.4, -0.2) is 18.2 Å². The van der Waals surface area contributed by atoms with Gasteiger partial charge in [-0.1, -0.05) is 142 Å². The van der Waals surface area contributed by atoms with E-state index in [-0.39, 0.29) is 10.8 Å². The fourth-order valence-electron chi connectivity index (χ4n) is 6.42. The molecule has 5 N–H and O–H groups in total. The predicted molar refractivity (Wildman–Crippen MR) is 156 cm³/mol. The number of hydrogen-bond acceptors (Lipinski definition) is 3. The fraction of sp³-hybridized carbons (Fsp3) is 0.938. The van der Waals surface area contributed by atoms with E-state index in [4.69, 9.17) is 11.5 Å². The Morgan fingerprint density at radius 3 is 1.40 bits per heavy atom. The summed E-state index contributed by atoms with van der Waals surface area (Å²) in [5.41, 5.74) is 12.7. The van der Waals surface area contributed by atoms with Crippen LogP contribution >= 0.6 is 0 Å². The third-order valence-corrected chi connectivity index (χ3v) is 8.68. The molecule has 0 aromatic carbocycles. The molecule has 0 saturated heterocycles. The summed E-state index contributed by atoms with van der Waals surface area (Å²) < 4.78 is 0. The second-order valence-electron chi connectivity index (χ2n) is 12.1. The number of hydrogen-bond donors (Lipinski definition) is 3. The van der Waals surface area contributed by atoms with Gasteiger partial charge in [-0.2, -0.15) is 0 Å². The van der Waals surface area contributed by atoms with Crippen molar-refractivity contribution >= 4 is 0 Å². The molecule has 0 amide bonds. The predicted octanol–water partition coefficient (Wildman–Crippen LogP) is 9.73. The lowest BCUT2D eigenvalue weighted by Gasteiger charge is -2.45. The van der Waals surface area contributed by atoms with Crippen molar-refractivity contribution in [2.45, 2.75) is 168 Å². The minimum atomic E-state index is -0.0552. The maximum Gasteiger partial charge on any atom is 0.0895 e. The largest absolute Gasteiger partial charge is 0.513 e. The van der Waals surface area contributed by atoms with Crippen molar-refractivity contribution in [2.24, 2.45) is 22.3 Å². The third kappa shape index (κ3) is 14.7. The van der Waals surface area contributed by atoms with Crippen LogP contribution in [0.4, 0.5) is 0 Å². The van der Waals surface area contributed by atoms with Crippen LogP contribution in [0.15, 0.2) is 11.8 Å². The maximum atomic E-state index is 10.7. The van der Waals surface area contributed by atoms with E-state index in [1.165, 1.54) is 128 Å². The molecular weight excluding hydrogens is 428 g/mol. The summed E-state index contributed by atoms with van der Waals surface area (Å²) in [6, 6.07) is 0. The number of nitrogens with two attached hydrogens (primary N) is 2. The average molecular weight is 493 g/mol. The van der Waals surface area contributed by atoms with E-state index in [9.17, 15) is 5.11 Å². The molecule has 0 saturated carbocycles. The van der Waals surface area contributed by atoms with Crippen LogP contribution in [0, 0.1) is 10.8 Å². The topological polar surface area (TPSA) is 72.3 Å². The molecule has 208 valence electrons. The molecule has 0 bridgehead atoms. The SMILES string of the molecule is CCCCCCCCCCCCC1(CN)C=C(O)CC(CN)(CCCCCCCCCCCC)C1. The summed E-state index contributed by atoms with van der Waals surface area (Å²) in [4.78, 5) is 0. The fourth-order valence-corrected chi connectivity index (χ4v) is 6.42. The Balaban J connectivity index is 2.32. The average Bonchev–Trinajstić information content (AvgIpc) is 2.86. The summed E-state index contributed by atoms with van der Waals surface area (Å²) in [5, 5.41) is 10.7. The summed E-state index contributed by atoms with van der Waals surface area (Å²) in [6.45, 7) is 5.87. The van der Waals surface area contributed by atoms with Gasteiger partial charge in [0.05, 0.1) is 5.76 Å². The summed E-state index contributed by atoms with van der Waals surface area (Å²) >= 11 is 0. The molecule has 1 rings (SSSR count). The molecule has 0 fully saturated rings. The lowest BCUT2D eigenvalue weighted by Crippen LogP contribution is -2.43. The summed E-state index contributed by atoms with van der Waals surface area (Å²) in [6.07, 6.45) is 33.3. The highest BCUT2D eigenvalue weighted by Crippen LogP contribution is 2.49. The number of aliphatic hydroxyl groups excluding tert-OH is 1. The molecule has 2 unspecified atom stereocenters. The van der Waals surface area contributed by atoms with E-state index in [0.29, 0.717) is 18.8 Å². The van der Waals surface area contributed by atoms with Crippen LogP contribution in [0.25, 0.3) is 0 Å². The molecule has 0 aliphatic heterocycles. The zero-order chi connectivity index (χ0) is 25.7. The molecule has 3 heteroatoms. The first-order valence-corrected chi connectivity index (χ1v) is 15.9. The molecular formula is C32H64N2O. The van der Waals surface area contributed by atoms with Crippen molar-refractivity contribution in [1.29, 1.82) is 0 Å². The minimum absolute atomic E-state index is 0.0385. The van der Waals surface area contributed by atoms with Gasteiger partial charge in [-0.15, -0.1) is 0 Å². The number of aliphatic hydroxyl groups is 1. The Bertz CT molecular complexity index is 520. The number of allylic oxidation sites excluding steroid dienone is 1. The standard InChI is InChI=1S/C32H64N2O/c1-3-5-7-9-11-13-15-17-19-21-23-31(28-33)25-30(35)26-32(27-31,29-34)24-22-20-18-16-14-12-10-8-6-4-2/h25,35H,3-24,26-29,33-34H2,1-2H3. The maximum absolute atomic E-state index is 10.7. The second-order valence-corrected chi connectivity index (χ2v) is 12.1. The van der Waals surface area contributed by atoms with Crippen LogP contribution in [0.3, 0.4) is 0 Å². The lowest BCUT2D eigenvalue weighted by atomic mass is 9.61. The molecule has 1 aliphatic rings. The van der Waals surface area contributed by atoms with Crippen LogP contribution in [-0.2, 0) is 0 Å². The van der Waals surface area contributed by atoms with Gasteiger partial charge in [0.1, 0.15) is 0 Å². The van der Waals surface area contributed by atoms with Crippen molar-refractivity contribution in [3.05, 3.63) is 11.8 Å². The van der Waals surface area contributed by atoms with Crippen LogP contribution in [0.2, 0.25) is 0 Å². The zero-order valence-electron chi connectivity index (χ0n) is 24.1. The van der Waals surface area contributed by atoms with Crippen molar-refractivity contribution < 1.29 is 5.11 Å². The molecule has 0 radical (unpaired) electrons. The number of unbranched alkanes of at least 4 members (excludes halogenated alkanes) is 18. The quantitative estimate of drug-likeness (QED) is 0.117. The second kappa shape index (κ2) is 20.5. The van der Waals surface area contributed by atoms with Gasteiger partial charge in [-0.05, 0) is 37.3 Å². The first kappa shape index (κ1) is 32.5. The summed E-state index contributed by atoms with van der Waals surface area (Å²) in [7, 11) is 0. The van der Waals surface area contributed by atoms with Crippen LogP contribution < -0.4 is 11.5 Å². The lowest BCUT2D eigenvalue weighted by molar-refractivity contribution is 0.106. The molecule has 35 heavy (non-hydrogen) atoms. The van der Waals surface area contributed by atoms with E-state index in [0.717, 1.165) is 25.7 Å². The number of rotatable bonds is 24. The van der Waals surface area contributed by atoms with Gasteiger partial charge in [0, 0.05) is 18.4 Å². The normalized spacial score (nSPS) is 22.5. The van der Waals surface area contributed by atoms with Gasteiger partial charge in [0.2, 0.25) is 0 Å². The Morgan fingerprint density at radius 2 is 1.00 bits per heavy atom. The van der Waals surface area contributed by atoms with E-state index in [1.807, 2.05) is 0 Å². The molecule has 3 nitrogen and oxygen atoms in total. The van der Waals surface area contributed by atoms with Crippen molar-refractivity contribution in [3.8, 4) is 0 Å². The smallest absolute Gasteiger partial charge is 0.0895 e. The Morgan fingerprint density at radius 1 is 0.600 bits per heavy atom. The molecule has 1 aliphatic carbocycles. The van der Waals surface area contributed by atoms with Crippen LogP contribution in [0.1, 0.15) is 168 Å². The minimum Gasteiger partial charge on any atom is -0.513 e. The first-order chi connectivity index (χ1) is 17.1. The molecule has 0 heterocycles. The summed E-state index contributed by atoms with van der Waals surface area (Å²) in [5.74, 6) is 0.548. The van der Waals surface area contributed by atoms with Gasteiger partial charge in [-0.25, -0.2) is 0 Å². The van der Waals surface area contributed by atoms with Crippen molar-refractivity contribution in [3.63, 3.8) is 0 Å². The van der Waals surface area contributed by atoms with E-state index >= 15 is 0 Å². The molecule has 2 atom stereocenters. The van der Waals surface area contributed by atoms with Gasteiger partial charge < -0.3 is 16.6 Å². The van der Waals surface area contributed by atoms with Crippen LogP contribution in [0.5, 0.6) is 0 Å². The Hall–Kier alpha value is -0.540. The van der Waals surface area contributed by atoms with Crippen molar-refractivity contribution in [2.75, 3.05) is 13.1 Å². The highest BCUT2D eigenvalue weighted by atomic mass is 16.3. The highest BCUT2D eigenvalue weighted by molar-refractivity contribution is 5.14. The van der Waals surface area contributed by atoms with E-state index in [2.05, 4.69) is 19.9 Å². The zero-order valence-corrected chi connectivity index (χ0v) is 24.1. The Labute approximate surface area is 220 Å². The first-order valence-electron chi connectivity index (χ1n) is 15.9. The third-order valence-electron chi connectivity index (χ3n) is 8.68. The monoisotopic (exact) mass is 493 g/mol. The highest BCUT2D eigenvalue weighted by Gasteiger charge is 2.42.